The van der Waals surface area contributed by atoms with Gasteiger partial charge in [0.05, 0.1) is 11.1 Å². The van der Waals surface area contributed by atoms with Crippen molar-refractivity contribution in [1.82, 2.24) is 9.80 Å². The summed E-state index contributed by atoms with van der Waals surface area (Å²) in [5, 5.41) is 0. The molecule has 6 nitrogen and oxygen atoms in total. The van der Waals surface area contributed by atoms with Gasteiger partial charge in [0.25, 0.3) is 5.91 Å². The van der Waals surface area contributed by atoms with E-state index in [1.54, 1.807) is 11.8 Å². The molecule has 0 bridgehead atoms. The number of hydrogen-bond acceptors (Lipinski definition) is 5. The minimum atomic E-state index is -4.36. The first-order chi connectivity index (χ1) is 15.1. The number of carbonyl (C=O) groups excluding carboxylic acids is 2. The summed E-state index contributed by atoms with van der Waals surface area (Å²) in [7, 11) is 0. The Labute approximate surface area is 185 Å². The zero-order valence-electron chi connectivity index (χ0n) is 18.4. The Kier molecular flexibility index (Phi) is 5.96. The van der Waals surface area contributed by atoms with Crippen molar-refractivity contribution in [2.45, 2.75) is 38.5 Å². The largest absolute Gasteiger partial charge is 0.450 e. The molecule has 3 aliphatic rings. The Balaban J connectivity index is 1.44. The molecule has 0 saturated carbocycles. The summed E-state index contributed by atoms with van der Waals surface area (Å²) in [6, 6.07) is 5.09. The molecule has 1 aromatic rings. The van der Waals surface area contributed by atoms with Gasteiger partial charge in [0.2, 0.25) is 0 Å². The number of piperidine rings is 1. The molecule has 9 heteroatoms. The molecule has 1 aromatic carbocycles. The molecule has 0 N–H and O–H groups in total. The van der Waals surface area contributed by atoms with Crippen molar-refractivity contribution >= 4 is 17.6 Å². The number of ether oxygens (including phenoxy) is 1. The first-order valence-corrected chi connectivity index (χ1v) is 11.0. The summed E-state index contributed by atoms with van der Waals surface area (Å²) in [6.07, 6.45) is -3.15. The molecule has 2 saturated heterocycles. The van der Waals surface area contributed by atoms with Gasteiger partial charge in [-0.25, -0.2) is 4.79 Å². The van der Waals surface area contributed by atoms with Gasteiger partial charge in [0.1, 0.15) is 5.60 Å². The van der Waals surface area contributed by atoms with E-state index in [4.69, 9.17) is 4.74 Å². The van der Waals surface area contributed by atoms with Crippen LogP contribution in [-0.4, -0.2) is 73.1 Å². The molecule has 0 atom stereocenters. The van der Waals surface area contributed by atoms with Gasteiger partial charge in [-0.1, -0.05) is 6.92 Å². The number of hydrogen-bond donors (Lipinski definition) is 0. The Morgan fingerprint density at radius 1 is 1.03 bits per heavy atom. The number of piperazine rings is 1. The fourth-order valence-corrected chi connectivity index (χ4v) is 4.87. The fraction of sp³-hybridized carbons (Fsp3) is 0.565. The summed E-state index contributed by atoms with van der Waals surface area (Å²) >= 11 is 0. The third kappa shape index (κ3) is 4.10. The summed E-state index contributed by atoms with van der Waals surface area (Å²) in [6.45, 7) is 8.09. The van der Waals surface area contributed by atoms with Crippen molar-refractivity contribution in [3.63, 3.8) is 0 Å². The number of likely N-dealkylation sites (tertiary alicyclic amines) is 1. The van der Waals surface area contributed by atoms with E-state index in [9.17, 15) is 22.8 Å². The second-order valence-corrected chi connectivity index (χ2v) is 8.64. The lowest BCUT2D eigenvalue weighted by Crippen LogP contribution is -2.53. The van der Waals surface area contributed by atoms with E-state index in [0.717, 1.165) is 31.8 Å². The molecule has 0 radical (unpaired) electrons. The van der Waals surface area contributed by atoms with Gasteiger partial charge in [-0.05, 0) is 37.7 Å². The average Bonchev–Trinajstić information content (AvgIpc) is 3.02. The predicted octanol–water partition coefficient (Wildman–Crippen LogP) is 3.08. The van der Waals surface area contributed by atoms with Crippen LogP contribution in [0.4, 0.5) is 18.9 Å². The number of halogens is 3. The van der Waals surface area contributed by atoms with Crippen LogP contribution < -0.4 is 4.90 Å². The van der Waals surface area contributed by atoms with Gasteiger partial charge >= 0.3 is 12.1 Å². The summed E-state index contributed by atoms with van der Waals surface area (Å²) < 4.78 is 44.2. The Hall–Kier alpha value is -2.55. The zero-order valence-corrected chi connectivity index (χ0v) is 18.4. The van der Waals surface area contributed by atoms with E-state index < -0.39 is 23.3 Å². The lowest BCUT2D eigenvalue weighted by molar-refractivity contribution is -0.151. The minimum Gasteiger partial charge on any atom is -0.450 e. The first-order valence-electron chi connectivity index (χ1n) is 11.0. The van der Waals surface area contributed by atoms with Gasteiger partial charge in [-0.2, -0.15) is 13.2 Å². The van der Waals surface area contributed by atoms with Crippen LogP contribution in [0, 0.1) is 0 Å². The molecule has 2 fully saturated rings. The van der Waals surface area contributed by atoms with E-state index in [1.807, 2.05) is 4.90 Å². The van der Waals surface area contributed by atoms with Crippen molar-refractivity contribution in [3.05, 3.63) is 41.0 Å². The molecule has 0 unspecified atom stereocenters. The summed E-state index contributed by atoms with van der Waals surface area (Å²) in [4.78, 5) is 31.8. The number of benzene rings is 1. The molecule has 0 aromatic heterocycles. The van der Waals surface area contributed by atoms with Gasteiger partial charge < -0.3 is 19.4 Å². The smallest absolute Gasteiger partial charge is 0.416 e. The van der Waals surface area contributed by atoms with Gasteiger partial charge in [0, 0.05) is 63.4 Å². The first kappa shape index (κ1) is 22.6. The third-order valence-corrected chi connectivity index (χ3v) is 6.88. The van der Waals surface area contributed by atoms with Gasteiger partial charge in [-0.3, -0.25) is 4.79 Å². The second-order valence-electron chi connectivity index (χ2n) is 8.64. The van der Waals surface area contributed by atoms with E-state index in [1.165, 1.54) is 12.1 Å². The second kappa shape index (κ2) is 8.42. The van der Waals surface area contributed by atoms with Crippen LogP contribution >= 0.6 is 0 Å². The lowest BCUT2D eigenvalue weighted by atomic mass is 9.82. The number of esters is 1. The SMILES string of the molecule is CCN1CCC2(CC1)OC(=O)C(C)=C2C(=O)N1CCN(c2ccc(C(F)(F)F)cc2)CC1. The van der Waals surface area contributed by atoms with E-state index in [2.05, 4.69) is 11.8 Å². The highest BCUT2D eigenvalue weighted by Gasteiger charge is 2.51. The molecule has 4 rings (SSSR count). The van der Waals surface area contributed by atoms with Crippen molar-refractivity contribution < 1.29 is 27.5 Å². The molecule has 3 aliphatic heterocycles. The minimum absolute atomic E-state index is 0.162. The highest BCUT2D eigenvalue weighted by atomic mass is 19.4. The van der Waals surface area contributed by atoms with Crippen molar-refractivity contribution in [1.29, 1.82) is 0 Å². The number of carbonyl (C=O) groups is 2. The van der Waals surface area contributed by atoms with Crippen LogP contribution in [0.15, 0.2) is 35.4 Å². The molecule has 174 valence electrons. The highest BCUT2D eigenvalue weighted by Crippen LogP contribution is 2.42. The maximum Gasteiger partial charge on any atom is 0.416 e. The molecule has 3 heterocycles. The van der Waals surface area contributed by atoms with Gasteiger partial charge in [0.15, 0.2) is 0 Å². The Bertz CT molecular complexity index is 911. The fourth-order valence-electron chi connectivity index (χ4n) is 4.87. The number of amides is 1. The Morgan fingerprint density at radius 3 is 2.16 bits per heavy atom. The molecule has 0 aliphatic carbocycles. The standard InChI is InChI=1S/C23H28F3N3O3/c1-3-27-10-8-22(9-11-27)19(16(2)21(31)32-22)20(30)29-14-12-28(13-15-29)18-6-4-17(5-7-18)23(24,25)26/h4-7H,3,8-15H2,1-2H3. The Morgan fingerprint density at radius 2 is 1.62 bits per heavy atom. The van der Waals surface area contributed by atoms with Crippen LogP contribution in [-0.2, 0) is 20.5 Å². The predicted molar refractivity (Wildman–Crippen MR) is 113 cm³/mol. The van der Waals surface area contributed by atoms with Crippen molar-refractivity contribution in [2.75, 3.05) is 50.7 Å². The summed E-state index contributed by atoms with van der Waals surface area (Å²) in [5.41, 5.74) is 0.0616. The van der Waals surface area contributed by atoms with Crippen LogP contribution in [0.2, 0.25) is 0 Å². The number of rotatable bonds is 3. The maximum atomic E-state index is 13.5. The van der Waals surface area contributed by atoms with Gasteiger partial charge in [-0.15, -0.1) is 0 Å². The van der Waals surface area contributed by atoms with E-state index >= 15 is 0 Å². The lowest BCUT2D eigenvalue weighted by Gasteiger charge is -2.41. The molecular formula is C23H28F3N3O3. The highest BCUT2D eigenvalue weighted by molar-refractivity contribution is 6.07. The van der Waals surface area contributed by atoms with Crippen LogP contribution in [0.1, 0.15) is 32.3 Å². The van der Waals surface area contributed by atoms with Crippen LogP contribution in [0.25, 0.3) is 0 Å². The number of nitrogens with zero attached hydrogens (tertiary/aromatic N) is 3. The van der Waals surface area contributed by atoms with Crippen LogP contribution in [0.3, 0.4) is 0 Å². The van der Waals surface area contributed by atoms with Crippen LogP contribution in [0.5, 0.6) is 0 Å². The molecule has 1 spiro atoms. The zero-order chi connectivity index (χ0) is 23.1. The number of alkyl halides is 3. The molecule has 1 amide bonds. The third-order valence-electron chi connectivity index (χ3n) is 6.88. The number of anilines is 1. The molecule has 32 heavy (non-hydrogen) atoms. The monoisotopic (exact) mass is 451 g/mol. The quantitative estimate of drug-likeness (QED) is 0.662. The normalized spacial score (nSPS) is 22.0. The van der Waals surface area contributed by atoms with Crippen molar-refractivity contribution in [2.24, 2.45) is 0 Å². The average molecular weight is 451 g/mol. The topological polar surface area (TPSA) is 53.1 Å². The molecular weight excluding hydrogens is 423 g/mol. The maximum absolute atomic E-state index is 13.5. The van der Waals surface area contributed by atoms with E-state index in [-0.39, 0.29) is 5.91 Å². The van der Waals surface area contributed by atoms with E-state index in [0.29, 0.717) is 55.9 Å². The van der Waals surface area contributed by atoms with Crippen molar-refractivity contribution in [3.8, 4) is 0 Å². The summed E-state index contributed by atoms with van der Waals surface area (Å²) in [5.74, 6) is -0.577.